The summed E-state index contributed by atoms with van der Waals surface area (Å²) in [5, 5.41) is 6.14. The Bertz CT molecular complexity index is 863. The number of carbonyl (C=O) groups is 2. The van der Waals surface area contributed by atoms with Gasteiger partial charge in [0.25, 0.3) is 11.8 Å². The highest BCUT2D eigenvalue weighted by molar-refractivity contribution is 5.95. The maximum absolute atomic E-state index is 12.5. The monoisotopic (exact) mass is 406 g/mol. The summed E-state index contributed by atoms with van der Waals surface area (Å²) in [6.45, 7) is 9.11. The fourth-order valence-electron chi connectivity index (χ4n) is 3.96. The molecule has 30 heavy (non-hydrogen) atoms. The Morgan fingerprint density at radius 1 is 0.867 bits per heavy atom. The molecule has 2 amide bonds. The molecule has 1 saturated carbocycles. The van der Waals surface area contributed by atoms with E-state index in [-0.39, 0.29) is 23.3 Å². The van der Waals surface area contributed by atoms with Gasteiger partial charge in [0.15, 0.2) is 0 Å². The van der Waals surface area contributed by atoms with Crippen LogP contribution in [0.15, 0.2) is 48.5 Å². The van der Waals surface area contributed by atoms with Crippen molar-refractivity contribution in [2.24, 2.45) is 5.92 Å². The molecular weight excluding hydrogens is 372 g/mol. The van der Waals surface area contributed by atoms with Crippen molar-refractivity contribution in [1.82, 2.24) is 10.6 Å². The molecule has 2 unspecified atom stereocenters. The van der Waals surface area contributed by atoms with Crippen LogP contribution in [-0.4, -0.2) is 17.9 Å². The molecule has 1 fully saturated rings. The van der Waals surface area contributed by atoms with Crippen LogP contribution in [0.1, 0.15) is 85.2 Å². The smallest absolute Gasteiger partial charge is 0.251 e. The minimum Gasteiger partial charge on any atom is -0.349 e. The van der Waals surface area contributed by atoms with Crippen molar-refractivity contribution in [1.29, 1.82) is 0 Å². The van der Waals surface area contributed by atoms with Gasteiger partial charge in [0.05, 0.1) is 0 Å². The average Bonchev–Trinajstić information content (AvgIpc) is 2.73. The number of nitrogens with one attached hydrogen (secondary N) is 2. The number of hydrogen-bond donors (Lipinski definition) is 2. The van der Waals surface area contributed by atoms with Gasteiger partial charge in [-0.2, -0.15) is 0 Å². The molecule has 160 valence electrons. The highest BCUT2D eigenvalue weighted by Gasteiger charge is 2.23. The number of benzene rings is 2. The van der Waals surface area contributed by atoms with Gasteiger partial charge in [-0.1, -0.05) is 64.8 Å². The van der Waals surface area contributed by atoms with Crippen molar-refractivity contribution in [2.75, 3.05) is 0 Å². The van der Waals surface area contributed by atoms with E-state index < -0.39 is 0 Å². The van der Waals surface area contributed by atoms with Gasteiger partial charge in [0.1, 0.15) is 0 Å². The second kappa shape index (κ2) is 9.46. The van der Waals surface area contributed by atoms with Gasteiger partial charge >= 0.3 is 0 Å². The van der Waals surface area contributed by atoms with Gasteiger partial charge in [0, 0.05) is 23.7 Å². The van der Waals surface area contributed by atoms with Crippen molar-refractivity contribution in [2.45, 2.75) is 71.4 Å². The molecule has 3 rings (SSSR count). The lowest BCUT2D eigenvalue weighted by atomic mass is 9.86. The molecule has 0 heterocycles. The van der Waals surface area contributed by atoms with Crippen LogP contribution in [0.2, 0.25) is 0 Å². The molecule has 2 atom stereocenters. The van der Waals surface area contributed by atoms with Gasteiger partial charge < -0.3 is 10.6 Å². The van der Waals surface area contributed by atoms with Crippen molar-refractivity contribution >= 4 is 11.8 Å². The normalized spacial score (nSPS) is 19.2. The molecule has 2 aromatic carbocycles. The van der Waals surface area contributed by atoms with E-state index in [0.29, 0.717) is 23.6 Å². The van der Waals surface area contributed by atoms with Gasteiger partial charge in [-0.15, -0.1) is 0 Å². The Labute approximate surface area is 180 Å². The first-order valence-corrected chi connectivity index (χ1v) is 11.0. The maximum atomic E-state index is 12.5. The molecule has 4 nitrogen and oxygen atoms in total. The molecule has 0 bridgehead atoms. The quantitative estimate of drug-likeness (QED) is 0.715. The summed E-state index contributed by atoms with van der Waals surface area (Å²) in [6, 6.07) is 15.5. The molecule has 0 aliphatic heterocycles. The highest BCUT2D eigenvalue weighted by Crippen LogP contribution is 2.24. The van der Waals surface area contributed by atoms with Crippen molar-refractivity contribution < 1.29 is 9.59 Å². The molecule has 0 spiro atoms. The summed E-state index contributed by atoms with van der Waals surface area (Å²) in [5.41, 5.74) is 3.56. The zero-order chi connectivity index (χ0) is 21.7. The number of carbonyl (C=O) groups excluding carboxylic acids is 2. The van der Waals surface area contributed by atoms with Crippen LogP contribution >= 0.6 is 0 Å². The Hall–Kier alpha value is -2.62. The summed E-state index contributed by atoms with van der Waals surface area (Å²) in [6.07, 6.45) is 4.69. The summed E-state index contributed by atoms with van der Waals surface area (Å²) in [4.78, 5) is 25.0. The van der Waals surface area contributed by atoms with Crippen molar-refractivity contribution in [3.63, 3.8) is 0 Å². The van der Waals surface area contributed by atoms with E-state index >= 15 is 0 Å². The van der Waals surface area contributed by atoms with Crippen LogP contribution in [0, 0.1) is 5.92 Å². The molecule has 1 aliphatic rings. The van der Waals surface area contributed by atoms with E-state index in [1.807, 2.05) is 48.5 Å². The van der Waals surface area contributed by atoms with Crippen LogP contribution < -0.4 is 10.6 Å². The first kappa shape index (κ1) is 22.1. The van der Waals surface area contributed by atoms with Crippen molar-refractivity contribution in [3.8, 4) is 0 Å². The average molecular weight is 407 g/mol. The molecule has 0 saturated heterocycles. The maximum Gasteiger partial charge on any atom is 0.251 e. The predicted octanol–water partition coefficient (Wildman–Crippen LogP) is 5.22. The Morgan fingerprint density at radius 3 is 2.03 bits per heavy atom. The topological polar surface area (TPSA) is 58.2 Å². The largest absolute Gasteiger partial charge is 0.349 e. The van der Waals surface area contributed by atoms with E-state index in [1.165, 1.54) is 24.8 Å². The van der Waals surface area contributed by atoms with Crippen LogP contribution in [-0.2, 0) is 12.0 Å². The summed E-state index contributed by atoms with van der Waals surface area (Å²) in [7, 11) is 0. The van der Waals surface area contributed by atoms with Gasteiger partial charge in [-0.05, 0) is 59.6 Å². The first-order chi connectivity index (χ1) is 14.2. The van der Waals surface area contributed by atoms with Gasteiger partial charge in [-0.3, -0.25) is 9.59 Å². The first-order valence-electron chi connectivity index (χ1n) is 11.0. The standard InChI is InChI=1S/C26H34N2O2/c1-18-7-5-6-8-23(18)28-25(30)21-11-9-19(10-12-21)17-27-24(29)20-13-15-22(16-14-20)26(2,3)4/h9-16,18,23H,5-8,17H2,1-4H3,(H,27,29)(H,28,30). The number of amides is 2. The summed E-state index contributed by atoms with van der Waals surface area (Å²) in [5.74, 6) is 0.432. The van der Waals surface area contributed by atoms with Gasteiger partial charge in [0.2, 0.25) is 0 Å². The molecule has 1 aliphatic carbocycles. The van der Waals surface area contributed by atoms with E-state index in [9.17, 15) is 9.59 Å². The molecule has 2 aromatic rings. The number of hydrogen-bond acceptors (Lipinski definition) is 2. The van der Waals surface area contributed by atoms with Crippen molar-refractivity contribution in [3.05, 3.63) is 70.8 Å². The van der Waals surface area contributed by atoms with Crippen LogP contribution in [0.4, 0.5) is 0 Å². The molecule has 4 heteroatoms. The Kier molecular flexibility index (Phi) is 6.96. The third kappa shape index (κ3) is 5.71. The van der Waals surface area contributed by atoms with E-state index in [0.717, 1.165) is 12.0 Å². The van der Waals surface area contributed by atoms with Crippen LogP contribution in [0.25, 0.3) is 0 Å². The van der Waals surface area contributed by atoms with Gasteiger partial charge in [-0.25, -0.2) is 0 Å². The molecule has 2 N–H and O–H groups in total. The SMILES string of the molecule is CC1CCCCC1NC(=O)c1ccc(CNC(=O)c2ccc(C(C)(C)C)cc2)cc1. The molecule has 0 radical (unpaired) electrons. The van der Waals surface area contributed by atoms with E-state index in [2.05, 4.69) is 38.3 Å². The Balaban J connectivity index is 1.52. The summed E-state index contributed by atoms with van der Waals surface area (Å²) < 4.78 is 0. The second-order valence-corrected chi connectivity index (χ2v) is 9.55. The minimum absolute atomic E-state index is 0.0109. The molecule has 0 aromatic heterocycles. The van der Waals surface area contributed by atoms with Crippen LogP contribution in [0.5, 0.6) is 0 Å². The second-order valence-electron chi connectivity index (χ2n) is 9.55. The minimum atomic E-state index is -0.0939. The number of rotatable bonds is 5. The van der Waals surface area contributed by atoms with E-state index in [1.54, 1.807) is 0 Å². The third-order valence-corrected chi connectivity index (χ3v) is 6.11. The predicted molar refractivity (Wildman–Crippen MR) is 122 cm³/mol. The fourth-order valence-corrected chi connectivity index (χ4v) is 3.96. The third-order valence-electron chi connectivity index (χ3n) is 6.11. The zero-order valence-corrected chi connectivity index (χ0v) is 18.6. The van der Waals surface area contributed by atoms with Crippen LogP contribution in [0.3, 0.4) is 0 Å². The van der Waals surface area contributed by atoms with E-state index in [4.69, 9.17) is 0 Å². The molecular formula is C26H34N2O2. The fraction of sp³-hybridized carbons (Fsp3) is 0.462. The lowest BCUT2D eigenvalue weighted by molar-refractivity contribution is 0.0908. The summed E-state index contributed by atoms with van der Waals surface area (Å²) >= 11 is 0. The highest BCUT2D eigenvalue weighted by atomic mass is 16.2. The Morgan fingerprint density at radius 2 is 1.43 bits per heavy atom. The lowest BCUT2D eigenvalue weighted by Crippen LogP contribution is -2.41. The zero-order valence-electron chi connectivity index (χ0n) is 18.6. The lowest BCUT2D eigenvalue weighted by Gasteiger charge is -2.29.